The van der Waals surface area contributed by atoms with Crippen LogP contribution in [0.25, 0.3) is 0 Å². The first kappa shape index (κ1) is 14.0. The van der Waals surface area contributed by atoms with Gasteiger partial charge in [0.15, 0.2) is 0 Å². The Morgan fingerprint density at radius 2 is 1.93 bits per heavy atom. The molecule has 0 aliphatic carbocycles. The quantitative estimate of drug-likeness (QED) is 0.579. The second-order valence-corrected chi connectivity index (χ2v) is 4.82. The molecule has 1 saturated heterocycles. The zero-order valence-electron chi connectivity index (χ0n) is 10.4. The molecule has 0 radical (unpaired) electrons. The number of hydrogen-bond acceptors (Lipinski definition) is 2. The molecule has 15 heavy (non-hydrogen) atoms. The van der Waals surface area contributed by atoms with E-state index in [-0.39, 0.29) is 11.7 Å². The van der Waals surface area contributed by atoms with Crippen LogP contribution in [0.2, 0.25) is 0 Å². The second kappa shape index (κ2) is 5.79. The molecule has 1 heterocycles. The fourth-order valence-corrected chi connectivity index (χ4v) is 1.43. The van der Waals surface area contributed by atoms with E-state index in [1.165, 1.54) is 0 Å². The number of nitrogens with zero attached hydrogens (tertiary/aromatic N) is 1. The van der Waals surface area contributed by atoms with E-state index < -0.39 is 0 Å². The van der Waals surface area contributed by atoms with Gasteiger partial charge < -0.3 is 9.64 Å². The third-order valence-corrected chi connectivity index (χ3v) is 2.08. The van der Waals surface area contributed by atoms with E-state index in [4.69, 9.17) is 4.74 Å². The monoisotopic (exact) mass is 213 g/mol. The van der Waals surface area contributed by atoms with E-state index in [0.717, 1.165) is 19.5 Å². The molecule has 0 aromatic heterocycles. The van der Waals surface area contributed by atoms with Crippen molar-refractivity contribution >= 4 is 6.09 Å². The van der Waals surface area contributed by atoms with Crippen molar-refractivity contribution in [1.29, 1.82) is 0 Å². The van der Waals surface area contributed by atoms with Gasteiger partial charge in [-0.3, -0.25) is 0 Å². The molecular weight excluding hydrogens is 190 g/mol. The predicted molar refractivity (Wildman–Crippen MR) is 62.8 cm³/mol. The first-order valence-electron chi connectivity index (χ1n) is 5.36. The van der Waals surface area contributed by atoms with Crippen molar-refractivity contribution < 1.29 is 9.53 Å². The average Bonchev–Trinajstić information content (AvgIpc) is 2.52. The summed E-state index contributed by atoms with van der Waals surface area (Å²) < 4.78 is 5.26. The lowest BCUT2D eigenvalue weighted by Gasteiger charge is -2.24. The molecule has 3 heteroatoms. The highest BCUT2D eigenvalue weighted by atomic mass is 16.6. The summed E-state index contributed by atoms with van der Waals surface area (Å²) in [5.41, 5.74) is -0.372. The predicted octanol–water partition coefficient (Wildman–Crippen LogP) is 3.07. The van der Waals surface area contributed by atoms with Gasteiger partial charge >= 0.3 is 6.09 Å². The SMILES string of the molecule is C=C.CC1CCN(C(=O)OC(C)(C)C)C1. The van der Waals surface area contributed by atoms with Crippen molar-refractivity contribution in [2.24, 2.45) is 5.92 Å². The molecule has 0 aromatic rings. The Hall–Kier alpha value is -0.990. The summed E-state index contributed by atoms with van der Waals surface area (Å²) in [5, 5.41) is 0. The molecule has 1 amide bonds. The summed E-state index contributed by atoms with van der Waals surface area (Å²) in [4.78, 5) is 13.3. The van der Waals surface area contributed by atoms with Crippen LogP contribution in [-0.4, -0.2) is 29.7 Å². The molecule has 0 saturated carbocycles. The van der Waals surface area contributed by atoms with Crippen molar-refractivity contribution in [3.63, 3.8) is 0 Å². The van der Waals surface area contributed by atoms with Gasteiger partial charge in [-0.1, -0.05) is 6.92 Å². The minimum atomic E-state index is -0.372. The normalized spacial score (nSPS) is 20.5. The Bertz CT molecular complexity index is 208. The van der Waals surface area contributed by atoms with Gasteiger partial charge in [0, 0.05) is 13.1 Å². The summed E-state index contributed by atoms with van der Waals surface area (Å²) in [6, 6.07) is 0. The molecule has 0 N–H and O–H groups in total. The first-order valence-corrected chi connectivity index (χ1v) is 5.36. The van der Waals surface area contributed by atoms with E-state index in [2.05, 4.69) is 20.1 Å². The van der Waals surface area contributed by atoms with Gasteiger partial charge in [0.2, 0.25) is 0 Å². The van der Waals surface area contributed by atoms with Crippen molar-refractivity contribution in [2.45, 2.75) is 39.7 Å². The van der Waals surface area contributed by atoms with Crippen LogP contribution in [0.3, 0.4) is 0 Å². The average molecular weight is 213 g/mol. The first-order chi connectivity index (χ1) is 6.88. The lowest BCUT2D eigenvalue weighted by atomic mass is 10.2. The maximum atomic E-state index is 11.5. The molecule has 1 unspecified atom stereocenters. The molecule has 0 bridgehead atoms. The number of rotatable bonds is 0. The number of hydrogen-bond donors (Lipinski definition) is 0. The molecule has 0 aromatic carbocycles. The molecule has 88 valence electrons. The lowest BCUT2D eigenvalue weighted by Crippen LogP contribution is -2.35. The molecule has 0 spiro atoms. The standard InChI is InChI=1S/C10H19NO2.C2H4/c1-8-5-6-11(7-8)9(12)13-10(2,3)4;1-2/h8H,5-7H2,1-4H3;1-2H2. The van der Waals surface area contributed by atoms with Gasteiger partial charge in [-0.15, -0.1) is 13.2 Å². The van der Waals surface area contributed by atoms with Gasteiger partial charge in [0.05, 0.1) is 0 Å². The van der Waals surface area contributed by atoms with Crippen LogP contribution in [0, 0.1) is 5.92 Å². The molecule has 3 nitrogen and oxygen atoms in total. The van der Waals surface area contributed by atoms with Crippen LogP contribution in [0.5, 0.6) is 0 Å². The number of likely N-dealkylation sites (tertiary alicyclic amines) is 1. The minimum absolute atomic E-state index is 0.170. The molecular formula is C12H23NO2. The summed E-state index contributed by atoms with van der Waals surface area (Å²) >= 11 is 0. The Kier molecular flexibility index (Phi) is 5.40. The van der Waals surface area contributed by atoms with E-state index in [1.807, 2.05) is 20.8 Å². The highest BCUT2D eigenvalue weighted by Gasteiger charge is 2.27. The zero-order valence-corrected chi connectivity index (χ0v) is 10.4. The number of carbonyl (C=O) groups excluding carboxylic acids is 1. The maximum absolute atomic E-state index is 11.5. The fraction of sp³-hybridized carbons (Fsp3) is 0.750. The molecule has 1 aliphatic rings. The minimum Gasteiger partial charge on any atom is -0.444 e. The third-order valence-electron chi connectivity index (χ3n) is 2.08. The van der Waals surface area contributed by atoms with Gasteiger partial charge in [-0.2, -0.15) is 0 Å². The van der Waals surface area contributed by atoms with Gasteiger partial charge in [0.25, 0.3) is 0 Å². The number of carbonyl (C=O) groups is 1. The van der Waals surface area contributed by atoms with Crippen LogP contribution in [-0.2, 0) is 4.74 Å². The van der Waals surface area contributed by atoms with Crippen LogP contribution in [0.4, 0.5) is 4.79 Å². The Labute approximate surface area is 93.1 Å². The van der Waals surface area contributed by atoms with E-state index in [1.54, 1.807) is 4.90 Å². The van der Waals surface area contributed by atoms with E-state index in [0.29, 0.717) is 5.92 Å². The summed E-state index contributed by atoms with van der Waals surface area (Å²) in [6.07, 6.45) is 0.927. The highest BCUT2D eigenvalue weighted by Crippen LogP contribution is 2.18. The largest absolute Gasteiger partial charge is 0.444 e. The van der Waals surface area contributed by atoms with Crippen LogP contribution >= 0.6 is 0 Å². The van der Waals surface area contributed by atoms with Crippen LogP contribution in [0.15, 0.2) is 13.2 Å². The van der Waals surface area contributed by atoms with E-state index in [9.17, 15) is 4.79 Å². The Morgan fingerprint density at radius 1 is 1.40 bits per heavy atom. The zero-order chi connectivity index (χ0) is 12.1. The Balaban J connectivity index is 0.000000921. The summed E-state index contributed by atoms with van der Waals surface area (Å²) in [7, 11) is 0. The van der Waals surface area contributed by atoms with Crippen molar-refractivity contribution in [3.8, 4) is 0 Å². The molecule has 1 rings (SSSR count). The Morgan fingerprint density at radius 3 is 2.27 bits per heavy atom. The van der Waals surface area contributed by atoms with Gasteiger partial charge in [-0.25, -0.2) is 4.79 Å². The molecule has 1 aliphatic heterocycles. The second-order valence-electron chi connectivity index (χ2n) is 4.82. The highest BCUT2D eigenvalue weighted by molar-refractivity contribution is 5.68. The fourth-order valence-electron chi connectivity index (χ4n) is 1.43. The molecule has 1 fully saturated rings. The number of ether oxygens (including phenoxy) is 1. The summed E-state index contributed by atoms with van der Waals surface area (Å²) in [6.45, 7) is 15.5. The molecule has 1 atom stereocenters. The summed E-state index contributed by atoms with van der Waals surface area (Å²) in [5.74, 6) is 0.618. The third kappa shape index (κ3) is 5.45. The van der Waals surface area contributed by atoms with Crippen molar-refractivity contribution in [2.75, 3.05) is 13.1 Å². The van der Waals surface area contributed by atoms with Gasteiger partial charge in [-0.05, 0) is 33.1 Å². The van der Waals surface area contributed by atoms with Crippen LogP contribution in [0.1, 0.15) is 34.1 Å². The van der Waals surface area contributed by atoms with Gasteiger partial charge in [0.1, 0.15) is 5.60 Å². The maximum Gasteiger partial charge on any atom is 0.410 e. The van der Waals surface area contributed by atoms with Crippen LogP contribution < -0.4 is 0 Å². The topological polar surface area (TPSA) is 29.5 Å². The van der Waals surface area contributed by atoms with Crippen molar-refractivity contribution in [1.82, 2.24) is 4.90 Å². The number of amides is 1. The van der Waals surface area contributed by atoms with Crippen molar-refractivity contribution in [3.05, 3.63) is 13.2 Å². The smallest absolute Gasteiger partial charge is 0.410 e. The van der Waals surface area contributed by atoms with E-state index >= 15 is 0 Å². The lowest BCUT2D eigenvalue weighted by molar-refractivity contribution is 0.0289.